The Morgan fingerprint density at radius 1 is 1.42 bits per heavy atom. The minimum atomic E-state index is 0.0859. The maximum Gasteiger partial charge on any atom is 0.263 e. The third-order valence-electron chi connectivity index (χ3n) is 4.91. The van der Waals surface area contributed by atoms with Crippen LogP contribution in [-0.4, -0.2) is 9.55 Å². The summed E-state index contributed by atoms with van der Waals surface area (Å²) in [6.07, 6.45) is 5.40. The van der Waals surface area contributed by atoms with Gasteiger partial charge in [-0.2, -0.15) is 0 Å². The standard InChI is InChI=1S/C14H16N2OS2/c17-13-11-3-4-19-12(11)15-14(18)16(13)7-10-6-8-1-2-9(10)5-8/h3-4,8-10H,1-2,5-7H2,(H,15,18). The molecule has 5 heteroatoms. The Hall–Kier alpha value is -0.940. The summed E-state index contributed by atoms with van der Waals surface area (Å²) in [6.45, 7) is 0.807. The van der Waals surface area contributed by atoms with Crippen molar-refractivity contribution in [1.82, 2.24) is 9.55 Å². The molecule has 0 radical (unpaired) electrons. The highest BCUT2D eigenvalue weighted by Gasteiger charge is 2.39. The molecule has 2 aromatic heterocycles. The van der Waals surface area contributed by atoms with E-state index >= 15 is 0 Å². The van der Waals surface area contributed by atoms with Crippen molar-refractivity contribution in [2.24, 2.45) is 17.8 Å². The summed E-state index contributed by atoms with van der Waals surface area (Å²) in [6, 6.07) is 1.89. The maximum absolute atomic E-state index is 12.5. The van der Waals surface area contributed by atoms with Crippen molar-refractivity contribution in [3.05, 3.63) is 26.6 Å². The van der Waals surface area contributed by atoms with Crippen LogP contribution in [0, 0.1) is 22.5 Å². The van der Waals surface area contributed by atoms with E-state index in [0.29, 0.717) is 10.7 Å². The molecule has 2 saturated carbocycles. The maximum atomic E-state index is 12.5. The molecule has 2 aliphatic rings. The number of hydrogen-bond acceptors (Lipinski definition) is 3. The van der Waals surface area contributed by atoms with Gasteiger partial charge in [0.1, 0.15) is 4.83 Å². The quantitative estimate of drug-likeness (QED) is 0.859. The molecule has 100 valence electrons. The van der Waals surface area contributed by atoms with Crippen LogP contribution in [0.3, 0.4) is 0 Å². The lowest BCUT2D eigenvalue weighted by molar-refractivity contribution is 0.291. The Morgan fingerprint density at radius 2 is 2.32 bits per heavy atom. The van der Waals surface area contributed by atoms with Crippen molar-refractivity contribution in [1.29, 1.82) is 0 Å². The topological polar surface area (TPSA) is 37.8 Å². The number of hydrogen-bond donors (Lipinski definition) is 1. The van der Waals surface area contributed by atoms with E-state index in [1.165, 1.54) is 25.7 Å². The number of aromatic nitrogens is 2. The van der Waals surface area contributed by atoms with Crippen LogP contribution in [0.5, 0.6) is 0 Å². The zero-order valence-electron chi connectivity index (χ0n) is 10.6. The van der Waals surface area contributed by atoms with E-state index in [0.717, 1.165) is 28.6 Å². The van der Waals surface area contributed by atoms with Gasteiger partial charge in [-0.3, -0.25) is 9.36 Å². The van der Waals surface area contributed by atoms with Crippen molar-refractivity contribution in [3.8, 4) is 0 Å². The number of thiophene rings is 1. The van der Waals surface area contributed by atoms with Crippen LogP contribution in [0.15, 0.2) is 16.2 Å². The minimum absolute atomic E-state index is 0.0859. The fraction of sp³-hybridized carbons (Fsp3) is 0.571. The largest absolute Gasteiger partial charge is 0.323 e. The second-order valence-corrected chi connectivity index (χ2v) is 7.25. The van der Waals surface area contributed by atoms with Crippen molar-refractivity contribution in [2.75, 3.05) is 0 Å². The van der Waals surface area contributed by atoms with Crippen molar-refractivity contribution in [3.63, 3.8) is 0 Å². The van der Waals surface area contributed by atoms with E-state index < -0.39 is 0 Å². The molecule has 3 unspecified atom stereocenters. The molecule has 2 fully saturated rings. The normalized spacial score (nSPS) is 29.4. The number of aromatic amines is 1. The van der Waals surface area contributed by atoms with Gasteiger partial charge in [0, 0.05) is 6.54 Å². The van der Waals surface area contributed by atoms with Gasteiger partial charge in [0.15, 0.2) is 4.77 Å². The monoisotopic (exact) mass is 292 g/mol. The Kier molecular flexibility index (Phi) is 2.67. The van der Waals surface area contributed by atoms with Crippen molar-refractivity contribution in [2.45, 2.75) is 32.2 Å². The first-order valence-electron chi connectivity index (χ1n) is 6.92. The second kappa shape index (κ2) is 4.28. The van der Waals surface area contributed by atoms with Crippen LogP contribution in [0.4, 0.5) is 0 Å². The van der Waals surface area contributed by atoms with E-state index in [2.05, 4.69) is 4.98 Å². The Labute approximate surface area is 120 Å². The summed E-state index contributed by atoms with van der Waals surface area (Å²) in [5, 5.41) is 2.72. The summed E-state index contributed by atoms with van der Waals surface area (Å²) < 4.78 is 2.37. The molecule has 3 nitrogen and oxygen atoms in total. The molecule has 0 spiro atoms. The smallest absolute Gasteiger partial charge is 0.263 e. The van der Waals surface area contributed by atoms with Gasteiger partial charge in [0.25, 0.3) is 5.56 Å². The Morgan fingerprint density at radius 3 is 3.05 bits per heavy atom. The highest BCUT2D eigenvalue weighted by molar-refractivity contribution is 7.71. The van der Waals surface area contributed by atoms with Gasteiger partial charge in [-0.05, 0) is 60.7 Å². The average molecular weight is 292 g/mol. The van der Waals surface area contributed by atoms with Crippen LogP contribution in [0.2, 0.25) is 0 Å². The minimum Gasteiger partial charge on any atom is -0.323 e. The summed E-state index contributed by atoms with van der Waals surface area (Å²) in [4.78, 5) is 16.6. The van der Waals surface area contributed by atoms with Crippen LogP contribution in [0.25, 0.3) is 10.2 Å². The number of H-pyrrole nitrogens is 1. The predicted octanol–water partition coefficient (Wildman–Crippen LogP) is 3.56. The lowest BCUT2D eigenvalue weighted by Crippen LogP contribution is -2.27. The van der Waals surface area contributed by atoms with Gasteiger partial charge in [-0.1, -0.05) is 6.42 Å². The fourth-order valence-corrected chi connectivity index (χ4v) is 5.08. The molecule has 4 rings (SSSR count). The van der Waals surface area contributed by atoms with E-state index in [9.17, 15) is 4.79 Å². The highest BCUT2D eigenvalue weighted by Crippen LogP contribution is 2.48. The third-order valence-corrected chi connectivity index (χ3v) is 6.06. The van der Waals surface area contributed by atoms with Crippen LogP contribution >= 0.6 is 23.6 Å². The molecule has 0 aromatic carbocycles. The molecule has 0 amide bonds. The van der Waals surface area contributed by atoms with Gasteiger partial charge in [-0.15, -0.1) is 11.3 Å². The Balaban J connectivity index is 1.75. The average Bonchev–Trinajstić information content (AvgIpc) is 3.09. The second-order valence-electron chi connectivity index (χ2n) is 5.94. The SMILES string of the molecule is O=c1c2ccsc2[nH]c(=S)n1CC1CC2CCC1C2. The van der Waals surface area contributed by atoms with Crippen LogP contribution in [-0.2, 0) is 6.54 Å². The first-order chi connectivity index (χ1) is 9.22. The lowest BCUT2D eigenvalue weighted by Gasteiger charge is -2.22. The summed E-state index contributed by atoms with van der Waals surface area (Å²) >= 11 is 6.91. The molecule has 19 heavy (non-hydrogen) atoms. The molecule has 2 bridgehead atoms. The molecular formula is C14H16N2OS2. The molecular weight excluding hydrogens is 276 g/mol. The molecule has 3 atom stereocenters. The first-order valence-corrected chi connectivity index (χ1v) is 8.21. The number of nitrogens with zero attached hydrogens (tertiary/aromatic N) is 1. The lowest BCUT2D eigenvalue weighted by atomic mass is 9.89. The fourth-order valence-electron chi connectivity index (χ4n) is 3.98. The van der Waals surface area contributed by atoms with E-state index in [-0.39, 0.29) is 5.56 Å². The molecule has 0 aliphatic heterocycles. The van der Waals surface area contributed by atoms with Crippen LogP contribution < -0.4 is 5.56 Å². The number of rotatable bonds is 2. The molecule has 2 aromatic rings. The summed E-state index contributed by atoms with van der Waals surface area (Å²) in [5.41, 5.74) is 0.0859. The molecule has 2 aliphatic carbocycles. The zero-order chi connectivity index (χ0) is 13.0. The highest BCUT2D eigenvalue weighted by atomic mass is 32.1. The molecule has 2 heterocycles. The van der Waals surface area contributed by atoms with E-state index in [1.54, 1.807) is 15.9 Å². The van der Waals surface area contributed by atoms with Crippen molar-refractivity contribution >= 4 is 33.8 Å². The number of nitrogens with one attached hydrogen (secondary N) is 1. The first kappa shape index (κ1) is 11.9. The molecule has 0 saturated heterocycles. The van der Waals surface area contributed by atoms with Gasteiger partial charge < -0.3 is 4.98 Å². The number of fused-ring (bicyclic) bond motifs is 3. The van der Waals surface area contributed by atoms with E-state index in [1.807, 2.05) is 11.4 Å². The Bertz CT molecular complexity index is 742. The van der Waals surface area contributed by atoms with E-state index in [4.69, 9.17) is 12.2 Å². The van der Waals surface area contributed by atoms with Crippen LogP contribution in [0.1, 0.15) is 25.7 Å². The van der Waals surface area contributed by atoms with Gasteiger partial charge in [-0.25, -0.2) is 0 Å². The molecule has 1 N–H and O–H groups in total. The predicted molar refractivity (Wildman–Crippen MR) is 80.2 cm³/mol. The van der Waals surface area contributed by atoms with Gasteiger partial charge in [0.2, 0.25) is 0 Å². The third kappa shape index (κ3) is 1.82. The van der Waals surface area contributed by atoms with Gasteiger partial charge in [0.05, 0.1) is 5.39 Å². The van der Waals surface area contributed by atoms with Gasteiger partial charge >= 0.3 is 0 Å². The zero-order valence-corrected chi connectivity index (χ0v) is 12.2. The summed E-state index contributed by atoms with van der Waals surface area (Å²) in [5.74, 6) is 2.39. The van der Waals surface area contributed by atoms with Crippen molar-refractivity contribution < 1.29 is 0 Å². The summed E-state index contributed by atoms with van der Waals surface area (Å²) in [7, 11) is 0.